The zero-order valence-electron chi connectivity index (χ0n) is 17.1. The van der Waals surface area contributed by atoms with E-state index in [2.05, 4.69) is 0 Å². The molecule has 4 nitrogen and oxygen atoms in total. The Balaban J connectivity index is 1.56. The molecule has 2 heterocycles. The Bertz CT molecular complexity index is 1380. The zero-order valence-corrected chi connectivity index (χ0v) is 17.1. The summed E-state index contributed by atoms with van der Waals surface area (Å²) >= 11 is 0. The molecule has 0 aliphatic rings. The molecule has 31 heavy (non-hydrogen) atoms. The van der Waals surface area contributed by atoms with Crippen molar-refractivity contribution in [3.8, 4) is 28.2 Å². The highest BCUT2D eigenvalue weighted by molar-refractivity contribution is 6.00. The van der Waals surface area contributed by atoms with Gasteiger partial charge in [0, 0.05) is 30.4 Å². The number of pyridine rings is 1. The van der Waals surface area contributed by atoms with Gasteiger partial charge >= 0.3 is 0 Å². The molecule has 152 valence electrons. The first-order chi connectivity index (χ1) is 15.2. The molecular weight excluding hydrogens is 386 g/mol. The summed E-state index contributed by atoms with van der Waals surface area (Å²) in [7, 11) is 1.88. The van der Waals surface area contributed by atoms with Crippen molar-refractivity contribution in [2.24, 2.45) is 7.05 Å². The quantitative estimate of drug-likeness (QED) is 0.356. The third-order valence-corrected chi connectivity index (χ3v) is 5.33. The van der Waals surface area contributed by atoms with Gasteiger partial charge in [-0.3, -0.25) is 4.79 Å². The van der Waals surface area contributed by atoms with E-state index in [1.165, 1.54) is 0 Å². The van der Waals surface area contributed by atoms with E-state index in [-0.39, 0.29) is 5.43 Å². The summed E-state index contributed by atoms with van der Waals surface area (Å²) in [6.07, 6.45) is 1.73. The fraction of sp³-hybridized carbons (Fsp3) is 0.0741. The number of furan rings is 1. The van der Waals surface area contributed by atoms with Gasteiger partial charge in [0.2, 0.25) is 5.71 Å². The first-order valence-corrected chi connectivity index (χ1v) is 10.2. The number of aryl methyl sites for hydroxylation is 1. The average Bonchev–Trinajstić information content (AvgIpc) is 3.24. The van der Waals surface area contributed by atoms with E-state index in [0.717, 1.165) is 28.0 Å². The Morgan fingerprint density at radius 3 is 2.19 bits per heavy atom. The Morgan fingerprint density at radius 1 is 0.806 bits per heavy atom. The molecule has 0 spiro atoms. The van der Waals surface area contributed by atoms with Crippen LogP contribution < -0.4 is 10.2 Å². The molecule has 0 unspecified atom stereocenters. The lowest BCUT2D eigenvalue weighted by atomic mass is 9.99. The monoisotopic (exact) mass is 407 g/mol. The molecule has 0 aliphatic carbocycles. The van der Waals surface area contributed by atoms with E-state index >= 15 is 0 Å². The van der Waals surface area contributed by atoms with Gasteiger partial charge in [0.05, 0.1) is 5.39 Å². The number of aromatic nitrogens is 1. The highest BCUT2D eigenvalue weighted by Crippen LogP contribution is 2.39. The highest BCUT2D eigenvalue weighted by atomic mass is 16.5. The topological polar surface area (TPSA) is 44.4 Å². The van der Waals surface area contributed by atoms with Crippen molar-refractivity contribution in [3.05, 3.63) is 113 Å². The van der Waals surface area contributed by atoms with Gasteiger partial charge < -0.3 is 13.7 Å². The van der Waals surface area contributed by atoms with E-state index in [1.54, 1.807) is 12.3 Å². The molecule has 5 aromatic rings. The molecule has 0 fully saturated rings. The van der Waals surface area contributed by atoms with Crippen LogP contribution in [0.5, 0.6) is 5.75 Å². The molecular formula is C27H21NO3. The Kier molecular flexibility index (Phi) is 4.89. The molecule has 0 saturated carbocycles. The standard InChI is InChI=1S/C27H21NO3/c1-28-17-16-23(29)25-24(20-10-6-3-7-11-20)26(31-27(25)28)21-12-14-22(15-13-21)30-18-19-8-4-2-5-9-19/h2-17H,18H2,1H3. The molecule has 3 aromatic carbocycles. The predicted molar refractivity (Wildman–Crippen MR) is 123 cm³/mol. The Hall–Kier alpha value is -4.05. The molecule has 0 bridgehead atoms. The van der Waals surface area contributed by atoms with Gasteiger partial charge in [-0.1, -0.05) is 60.7 Å². The summed E-state index contributed by atoms with van der Waals surface area (Å²) in [6, 6.07) is 29.3. The third kappa shape index (κ3) is 3.64. The second-order valence-corrected chi connectivity index (χ2v) is 7.44. The van der Waals surface area contributed by atoms with Crippen molar-refractivity contribution >= 4 is 11.1 Å². The normalized spacial score (nSPS) is 11.0. The van der Waals surface area contributed by atoms with Crippen molar-refractivity contribution in [1.29, 1.82) is 0 Å². The number of hydrogen-bond donors (Lipinski definition) is 0. The summed E-state index contributed by atoms with van der Waals surface area (Å²) in [6.45, 7) is 0.509. The van der Waals surface area contributed by atoms with Crippen molar-refractivity contribution in [2.75, 3.05) is 0 Å². The predicted octanol–water partition coefficient (Wildman–Crippen LogP) is 6.04. The van der Waals surface area contributed by atoms with Gasteiger partial charge in [-0.25, -0.2) is 0 Å². The number of ether oxygens (including phenoxy) is 1. The van der Waals surface area contributed by atoms with Crippen LogP contribution in [0.15, 0.2) is 106 Å². The van der Waals surface area contributed by atoms with Crippen LogP contribution in [0, 0.1) is 0 Å². The van der Waals surface area contributed by atoms with E-state index in [0.29, 0.717) is 23.5 Å². The van der Waals surface area contributed by atoms with Crippen LogP contribution in [-0.2, 0) is 13.7 Å². The van der Waals surface area contributed by atoms with E-state index in [4.69, 9.17) is 9.15 Å². The first kappa shape index (κ1) is 18.9. The SMILES string of the molecule is Cn1ccc(=O)c2c(-c3ccccc3)c(-c3ccc(OCc4ccccc4)cc3)oc21. The molecule has 0 radical (unpaired) electrons. The molecule has 0 atom stereocenters. The van der Waals surface area contributed by atoms with Gasteiger partial charge in [-0.2, -0.15) is 0 Å². The lowest BCUT2D eigenvalue weighted by molar-refractivity contribution is 0.306. The van der Waals surface area contributed by atoms with Crippen LogP contribution >= 0.6 is 0 Å². The number of nitrogens with zero attached hydrogens (tertiary/aromatic N) is 1. The van der Waals surface area contributed by atoms with E-state index < -0.39 is 0 Å². The maximum Gasteiger partial charge on any atom is 0.211 e. The van der Waals surface area contributed by atoms with Gasteiger partial charge in [0.25, 0.3) is 0 Å². The van der Waals surface area contributed by atoms with E-state index in [1.807, 2.05) is 96.5 Å². The lowest BCUT2D eigenvalue weighted by Crippen LogP contribution is -2.03. The molecule has 2 aromatic heterocycles. The van der Waals surface area contributed by atoms with Crippen molar-refractivity contribution in [2.45, 2.75) is 6.61 Å². The van der Waals surface area contributed by atoms with Gasteiger partial charge in [-0.05, 0) is 35.4 Å². The van der Waals surface area contributed by atoms with Crippen LogP contribution in [0.4, 0.5) is 0 Å². The average molecular weight is 407 g/mol. The zero-order chi connectivity index (χ0) is 21.2. The number of benzene rings is 3. The number of rotatable bonds is 5. The van der Waals surface area contributed by atoms with Crippen LogP contribution in [0.3, 0.4) is 0 Å². The molecule has 0 saturated heterocycles. The molecule has 5 rings (SSSR count). The van der Waals surface area contributed by atoms with Gasteiger partial charge in [-0.15, -0.1) is 0 Å². The van der Waals surface area contributed by atoms with Crippen LogP contribution in [0.1, 0.15) is 5.56 Å². The van der Waals surface area contributed by atoms with Crippen molar-refractivity contribution in [1.82, 2.24) is 4.57 Å². The van der Waals surface area contributed by atoms with Crippen LogP contribution in [0.2, 0.25) is 0 Å². The number of fused-ring (bicyclic) bond motifs is 1. The first-order valence-electron chi connectivity index (χ1n) is 10.2. The fourth-order valence-corrected chi connectivity index (χ4v) is 3.75. The van der Waals surface area contributed by atoms with E-state index in [9.17, 15) is 4.79 Å². The summed E-state index contributed by atoms with van der Waals surface area (Å²) in [5.74, 6) is 1.45. The minimum atomic E-state index is -0.0511. The maximum absolute atomic E-state index is 12.8. The molecule has 4 heteroatoms. The minimum Gasteiger partial charge on any atom is -0.489 e. The minimum absolute atomic E-state index is 0.0511. The maximum atomic E-state index is 12.8. The van der Waals surface area contributed by atoms with Gasteiger partial charge in [0.15, 0.2) is 5.43 Å². The lowest BCUT2D eigenvalue weighted by Gasteiger charge is -2.08. The fourth-order valence-electron chi connectivity index (χ4n) is 3.75. The summed E-state index contributed by atoms with van der Waals surface area (Å²) < 4.78 is 14.0. The summed E-state index contributed by atoms with van der Waals surface area (Å²) in [5.41, 5.74) is 4.28. The second-order valence-electron chi connectivity index (χ2n) is 7.44. The van der Waals surface area contributed by atoms with Gasteiger partial charge in [0.1, 0.15) is 18.1 Å². The largest absolute Gasteiger partial charge is 0.489 e. The highest BCUT2D eigenvalue weighted by Gasteiger charge is 2.21. The van der Waals surface area contributed by atoms with Crippen LogP contribution in [0.25, 0.3) is 33.6 Å². The molecule has 0 amide bonds. The Morgan fingerprint density at radius 2 is 1.48 bits per heavy atom. The molecule has 0 N–H and O–H groups in total. The summed E-state index contributed by atoms with van der Waals surface area (Å²) in [4.78, 5) is 12.8. The Labute approximate surface area is 180 Å². The number of hydrogen-bond acceptors (Lipinski definition) is 3. The van der Waals surface area contributed by atoms with Crippen molar-refractivity contribution in [3.63, 3.8) is 0 Å². The second kappa shape index (κ2) is 8.00. The summed E-state index contributed by atoms with van der Waals surface area (Å²) in [5, 5.41) is 0.593. The third-order valence-electron chi connectivity index (χ3n) is 5.33. The van der Waals surface area contributed by atoms with Crippen molar-refractivity contribution < 1.29 is 9.15 Å². The smallest absolute Gasteiger partial charge is 0.211 e. The molecule has 0 aliphatic heterocycles. The van der Waals surface area contributed by atoms with Crippen LogP contribution in [-0.4, -0.2) is 4.57 Å².